The molecule has 0 bridgehead atoms. The van der Waals surface area contributed by atoms with E-state index in [9.17, 15) is 0 Å². The van der Waals surface area contributed by atoms with Gasteiger partial charge in [0.1, 0.15) is 5.69 Å². The van der Waals surface area contributed by atoms with Gasteiger partial charge in [-0.2, -0.15) is 0 Å². The van der Waals surface area contributed by atoms with Crippen molar-refractivity contribution in [3.8, 4) is 23.5 Å². The first-order chi connectivity index (χ1) is 9.61. The molecule has 3 rings (SSSR count). The fraction of sp³-hybridized carbons (Fsp3) is 0.0625. The van der Waals surface area contributed by atoms with E-state index in [2.05, 4.69) is 10.9 Å². The number of fused-ring (bicyclic) bond motifs is 1. The number of anilines is 2. The highest BCUT2D eigenvalue weighted by atomic mass is 16.3. The Morgan fingerprint density at radius 2 is 2.10 bits per heavy atom. The number of furan rings is 1. The third-order valence-corrected chi connectivity index (χ3v) is 3.30. The molecule has 2 heterocycles. The lowest BCUT2D eigenvalue weighted by Crippen LogP contribution is -1.92. The Bertz CT molecular complexity index is 856. The Morgan fingerprint density at radius 1 is 1.30 bits per heavy atom. The van der Waals surface area contributed by atoms with Crippen LogP contribution in [-0.2, 0) is 0 Å². The number of nitrogens with zero attached hydrogens (tertiary/aromatic N) is 1. The highest BCUT2D eigenvalue weighted by Crippen LogP contribution is 2.38. The highest BCUT2D eigenvalue weighted by Gasteiger charge is 2.16. The van der Waals surface area contributed by atoms with E-state index in [1.165, 1.54) is 0 Å². The Morgan fingerprint density at radius 3 is 2.85 bits per heavy atom. The van der Waals surface area contributed by atoms with Crippen molar-refractivity contribution in [3.63, 3.8) is 0 Å². The van der Waals surface area contributed by atoms with Gasteiger partial charge < -0.3 is 15.9 Å². The summed E-state index contributed by atoms with van der Waals surface area (Å²) in [7, 11) is 0. The average molecular weight is 263 g/mol. The molecule has 0 saturated heterocycles. The summed E-state index contributed by atoms with van der Waals surface area (Å²) >= 11 is 0. The number of aryl methyl sites for hydroxylation is 1. The van der Waals surface area contributed by atoms with Gasteiger partial charge in [0, 0.05) is 17.3 Å². The van der Waals surface area contributed by atoms with Crippen LogP contribution >= 0.6 is 0 Å². The van der Waals surface area contributed by atoms with Gasteiger partial charge in [-0.1, -0.05) is 18.1 Å². The van der Waals surface area contributed by atoms with Crippen LogP contribution in [0.2, 0.25) is 0 Å². The summed E-state index contributed by atoms with van der Waals surface area (Å²) in [5, 5.41) is 0.782. The molecule has 20 heavy (non-hydrogen) atoms. The van der Waals surface area contributed by atoms with Gasteiger partial charge in [-0.25, -0.2) is 0 Å². The summed E-state index contributed by atoms with van der Waals surface area (Å²) in [6.07, 6.45) is 7.20. The van der Waals surface area contributed by atoms with Crippen molar-refractivity contribution in [2.75, 3.05) is 11.5 Å². The molecule has 0 radical (unpaired) electrons. The molecular formula is C16H13N3O. The van der Waals surface area contributed by atoms with Gasteiger partial charge in [-0.3, -0.25) is 4.98 Å². The minimum absolute atomic E-state index is 0.213. The standard InChI is InChI=1S/C16H13N3O/c1-3-10-5-4-6-11(7-10)12-8-19-9(2)15-13(12)14(17)16(18)20-15/h1,4-8H,17-18H2,2H3. The number of pyridine rings is 1. The third kappa shape index (κ3) is 1.69. The molecule has 4 N–H and O–H groups in total. The maximum Gasteiger partial charge on any atom is 0.214 e. The zero-order valence-electron chi connectivity index (χ0n) is 11.0. The van der Waals surface area contributed by atoms with Crippen LogP contribution in [0.25, 0.3) is 22.1 Å². The van der Waals surface area contributed by atoms with Gasteiger partial charge in [0.15, 0.2) is 5.58 Å². The molecule has 1 aromatic carbocycles. The van der Waals surface area contributed by atoms with Gasteiger partial charge >= 0.3 is 0 Å². The van der Waals surface area contributed by atoms with E-state index in [-0.39, 0.29) is 5.88 Å². The summed E-state index contributed by atoms with van der Waals surface area (Å²) in [6, 6.07) is 7.63. The van der Waals surface area contributed by atoms with Crippen molar-refractivity contribution in [2.24, 2.45) is 0 Å². The maximum atomic E-state index is 6.03. The number of rotatable bonds is 1. The van der Waals surface area contributed by atoms with E-state index in [1.807, 2.05) is 31.2 Å². The summed E-state index contributed by atoms with van der Waals surface area (Å²) in [4.78, 5) is 4.34. The highest BCUT2D eigenvalue weighted by molar-refractivity contribution is 6.06. The van der Waals surface area contributed by atoms with Gasteiger partial charge in [-0.15, -0.1) is 6.42 Å². The fourth-order valence-corrected chi connectivity index (χ4v) is 2.26. The van der Waals surface area contributed by atoms with Crippen molar-refractivity contribution in [1.29, 1.82) is 0 Å². The van der Waals surface area contributed by atoms with Crippen LogP contribution < -0.4 is 11.5 Å². The predicted molar refractivity (Wildman–Crippen MR) is 80.9 cm³/mol. The first-order valence-corrected chi connectivity index (χ1v) is 6.12. The molecule has 0 spiro atoms. The first kappa shape index (κ1) is 12.1. The molecule has 3 aromatic rings. The van der Waals surface area contributed by atoms with Crippen LogP contribution in [0.3, 0.4) is 0 Å². The van der Waals surface area contributed by atoms with Crippen LogP contribution in [0.1, 0.15) is 11.3 Å². The average Bonchev–Trinajstić information content (AvgIpc) is 2.77. The zero-order chi connectivity index (χ0) is 14.3. The molecule has 0 amide bonds. The molecule has 0 unspecified atom stereocenters. The number of hydrogen-bond donors (Lipinski definition) is 2. The van der Waals surface area contributed by atoms with Gasteiger partial charge in [0.25, 0.3) is 0 Å². The second-order valence-electron chi connectivity index (χ2n) is 4.57. The van der Waals surface area contributed by atoms with E-state index < -0.39 is 0 Å². The smallest absolute Gasteiger partial charge is 0.214 e. The van der Waals surface area contributed by atoms with Gasteiger partial charge in [0.05, 0.1) is 11.1 Å². The van der Waals surface area contributed by atoms with Crippen LogP contribution in [0, 0.1) is 19.3 Å². The molecule has 4 nitrogen and oxygen atoms in total. The Hall–Kier alpha value is -2.93. The van der Waals surface area contributed by atoms with E-state index in [4.69, 9.17) is 22.3 Å². The number of nitrogens with two attached hydrogens (primary N) is 2. The summed E-state index contributed by atoms with van der Waals surface area (Å²) in [5.41, 5.74) is 16.2. The van der Waals surface area contributed by atoms with Crippen LogP contribution in [0.5, 0.6) is 0 Å². The van der Waals surface area contributed by atoms with E-state index >= 15 is 0 Å². The summed E-state index contributed by atoms with van der Waals surface area (Å²) < 4.78 is 5.50. The molecule has 0 atom stereocenters. The molecular weight excluding hydrogens is 250 g/mol. The minimum Gasteiger partial charge on any atom is -0.437 e. The van der Waals surface area contributed by atoms with Crippen LogP contribution in [0.4, 0.5) is 11.6 Å². The number of benzene rings is 1. The second-order valence-corrected chi connectivity index (χ2v) is 4.57. The van der Waals surface area contributed by atoms with Crippen LogP contribution in [-0.4, -0.2) is 4.98 Å². The lowest BCUT2D eigenvalue weighted by Gasteiger charge is -2.05. The number of nitrogen functional groups attached to an aromatic ring is 2. The molecule has 0 aliphatic rings. The van der Waals surface area contributed by atoms with Crippen molar-refractivity contribution >= 4 is 22.5 Å². The monoisotopic (exact) mass is 263 g/mol. The molecule has 0 saturated carbocycles. The molecule has 4 heteroatoms. The van der Waals surface area contributed by atoms with E-state index in [0.29, 0.717) is 11.3 Å². The van der Waals surface area contributed by atoms with Gasteiger partial charge in [-0.05, 0) is 24.6 Å². The van der Waals surface area contributed by atoms with E-state index in [0.717, 1.165) is 27.8 Å². The lowest BCUT2D eigenvalue weighted by atomic mass is 10.0. The molecule has 0 aliphatic heterocycles. The zero-order valence-corrected chi connectivity index (χ0v) is 11.0. The SMILES string of the molecule is C#Cc1cccc(-c2cnc(C)c3oc(N)c(N)c23)c1. The summed E-state index contributed by atoms with van der Waals surface area (Å²) in [5.74, 6) is 2.83. The largest absolute Gasteiger partial charge is 0.437 e. The van der Waals surface area contributed by atoms with Crippen LogP contribution in [0.15, 0.2) is 34.9 Å². The molecule has 98 valence electrons. The molecule has 2 aromatic heterocycles. The third-order valence-electron chi connectivity index (χ3n) is 3.30. The minimum atomic E-state index is 0.213. The molecule has 0 fully saturated rings. The fourth-order valence-electron chi connectivity index (χ4n) is 2.26. The number of aromatic nitrogens is 1. The second kappa shape index (κ2) is 4.32. The number of hydrogen-bond acceptors (Lipinski definition) is 4. The first-order valence-electron chi connectivity index (χ1n) is 6.12. The predicted octanol–water partition coefficient (Wildman–Crippen LogP) is 2.95. The maximum absolute atomic E-state index is 6.03. The Labute approximate surface area is 116 Å². The Kier molecular flexibility index (Phi) is 2.62. The van der Waals surface area contributed by atoms with E-state index in [1.54, 1.807) is 6.20 Å². The summed E-state index contributed by atoms with van der Waals surface area (Å²) in [6.45, 7) is 1.85. The molecule has 0 aliphatic carbocycles. The van der Waals surface area contributed by atoms with Crippen molar-refractivity contribution in [1.82, 2.24) is 4.98 Å². The quantitative estimate of drug-likeness (QED) is 0.662. The van der Waals surface area contributed by atoms with Crippen molar-refractivity contribution in [3.05, 3.63) is 41.7 Å². The van der Waals surface area contributed by atoms with Crippen molar-refractivity contribution < 1.29 is 4.42 Å². The van der Waals surface area contributed by atoms with Gasteiger partial charge in [0.2, 0.25) is 5.88 Å². The topological polar surface area (TPSA) is 78.1 Å². The lowest BCUT2D eigenvalue weighted by molar-refractivity contribution is 0.633. The number of terminal acetylenes is 1. The van der Waals surface area contributed by atoms with Crippen molar-refractivity contribution in [2.45, 2.75) is 6.92 Å². The normalized spacial score (nSPS) is 10.6. The Balaban J connectivity index is 2.37.